The van der Waals surface area contributed by atoms with Gasteiger partial charge in [-0.3, -0.25) is 0 Å². The molecule has 0 aliphatic rings. The molecule has 0 atom stereocenters. The molecule has 0 aromatic rings. The summed E-state index contributed by atoms with van der Waals surface area (Å²) in [6, 6.07) is 0. The average Bonchev–Trinajstić information content (AvgIpc) is 1.87. The molecule has 0 aromatic heterocycles. The van der Waals surface area contributed by atoms with E-state index in [-0.39, 0.29) is 12.3 Å². The van der Waals surface area contributed by atoms with Gasteiger partial charge in [-0.25, -0.2) is 4.79 Å². The highest BCUT2D eigenvalue weighted by Crippen LogP contribution is 1.82. The van der Waals surface area contributed by atoms with E-state index in [0.717, 1.165) is 6.08 Å². The van der Waals surface area contributed by atoms with Crippen LogP contribution in [0.4, 0.5) is 0 Å². The molecular formula is C5H9NO3. The lowest BCUT2D eigenvalue weighted by Crippen LogP contribution is -2.06. The van der Waals surface area contributed by atoms with Gasteiger partial charge in [-0.15, -0.1) is 0 Å². The van der Waals surface area contributed by atoms with Gasteiger partial charge in [-0.1, -0.05) is 0 Å². The predicted molar refractivity (Wildman–Crippen MR) is 31.4 cm³/mol. The molecule has 3 N–H and O–H groups in total. The summed E-state index contributed by atoms with van der Waals surface area (Å²) in [6.45, 7) is -0.324. The summed E-state index contributed by atoms with van der Waals surface area (Å²) in [6.07, 6.45) is 1.03. The molecule has 0 aliphatic heterocycles. The van der Waals surface area contributed by atoms with Gasteiger partial charge in [0.1, 0.15) is 0 Å². The Labute approximate surface area is 52.9 Å². The Morgan fingerprint density at radius 1 is 1.89 bits per heavy atom. The Morgan fingerprint density at radius 2 is 2.44 bits per heavy atom. The minimum absolute atomic E-state index is 0.0989. The number of aliphatic hydroxyl groups is 1. The zero-order valence-electron chi connectivity index (χ0n) is 5.13. The van der Waals surface area contributed by atoms with Gasteiger partial charge < -0.3 is 15.6 Å². The quantitative estimate of drug-likeness (QED) is 0.372. The fraction of sp³-hybridized carbons (Fsp3) is 0.400. The summed E-state index contributed by atoms with van der Waals surface area (Å²) in [5.74, 6) is -0.554. The van der Waals surface area contributed by atoms with Gasteiger partial charge in [-0.2, -0.15) is 0 Å². The van der Waals surface area contributed by atoms with Crippen molar-refractivity contribution in [2.75, 3.05) is 13.7 Å². The van der Waals surface area contributed by atoms with Crippen LogP contribution < -0.4 is 5.73 Å². The molecule has 52 valence electrons. The Hall–Kier alpha value is -1.03. The summed E-state index contributed by atoms with van der Waals surface area (Å²) in [5.41, 5.74) is 5.16. The number of rotatable bonds is 2. The van der Waals surface area contributed by atoms with Crippen molar-refractivity contribution < 1.29 is 14.6 Å². The van der Waals surface area contributed by atoms with Gasteiger partial charge in [0.2, 0.25) is 0 Å². The van der Waals surface area contributed by atoms with Crippen LogP contribution in [0.1, 0.15) is 0 Å². The Bertz CT molecular complexity index is 130. The highest BCUT2D eigenvalue weighted by Gasteiger charge is 1.93. The molecule has 0 unspecified atom stereocenters. The minimum Gasteiger partial charge on any atom is -0.466 e. The third-order valence-electron chi connectivity index (χ3n) is 0.687. The second kappa shape index (κ2) is 3.91. The maximum atomic E-state index is 10.3. The van der Waals surface area contributed by atoms with Crippen molar-refractivity contribution in [3.8, 4) is 0 Å². The first kappa shape index (κ1) is 7.97. The van der Waals surface area contributed by atoms with Crippen LogP contribution in [0, 0.1) is 0 Å². The first-order chi connectivity index (χ1) is 4.20. The summed E-state index contributed by atoms with van der Waals surface area (Å²) < 4.78 is 4.22. The molecule has 0 radical (unpaired) electrons. The lowest BCUT2D eigenvalue weighted by atomic mass is 10.4. The van der Waals surface area contributed by atoms with Crippen LogP contribution in [0.2, 0.25) is 0 Å². The molecule has 4 nitrogen and oxygen atoms in total. The molecule has 0 heterocycles. The number of carbonyl (C=O) groups is 1. The number of hydrogen-bond acceptors (Lipinski definition) is 4. The van der Waals surface area contributed by atoms with E-state index >= 15 is 0 Å². The molecule has 9 heavy (non-hydrogen) atoms. The van der Waals surface area contributed by atoms with Gasteiger partial charge >= 0.3 is 5.97 Å². The van der Waals surface area contributed by atoms with Crippen molar-refractivity contribution in [2.24, 2.45) is 5.73 Å². The van der Waals surface area contributed by atoms with Crippen molar-refractivity contribution in [3.63, 3.8) is 0 Å². The van der Waals surface area contributed by atoms with E-state index in [1.54, 1.807) is 0 Å². The lowest BCUT2D eigenvalue weighted by molar-refractivity contribution is -0.134. The van der Waals surface area contributed by atoms with Gasteiger partial charge in [0, 0.05) is 11.8 Å². The normalized spacial score (nSPS) is 11.1. The molecule has 0 spiro atoms. The zero-order chi connectivity index (χ0) is 7.28. The molecule has 0 saturated carbocycles. The van der Waals surface area contributed by atoms with Crippen LogP contribution in [-0.4, -0.2) is 24.8 Å². The second-order valence-electron chi connectivity index (χ2n) is 1.40. The van der Waals surface area contributed by atoms with Crippen LogP contribution in [-0.2, 0) is 9.53 Å². The van der Waals surface area contributed by atoms with E-state index in [4.69, 9.17) is 10.8 Å². The first-order valence-electron chi connectivity index (χ1n) is 2.35. The average molecular weight is 131 g/mol. The standard InChI is InChI=1S/C5H9NO3/c1-9-5(8)2-4(6)3-7/h2,7H,3,6H2,1H3/b4-2-. The van der Waals surface area contributed by atoms with E-state index in [0.29, 0.717) is 0 Å². The van der Waals surface area contributed by atoms with Crippen molar-refractivity contribution >= 4 is 5.97 Å². The third-order valence-corrected chi connectivity index (χ3v) is 0.687. The number of hydrogen-bond donors (Lipinski definition) is 2. The molecule has 0 bridgehead atoms. The largest absolute Gasteiger partial charge is 0.466 e. The maximum absolute atomic E-state index is 10.3. The second-order valence-corrected chi connectivity index (χ2v) is 1.40. The van der Waals surface area contributed by atoms with Crippen molar-refractivity contribution in [2.45, 2.75) is 0 Å². The Balaban J connectivity index is 3.79. The summed E-state index contributed by atoms with van der Waals surface area (Å²) >= 11 is 0. The Morgan fingerprint density at radius 3 is 2.78 bits per heavy atom. The number of nitrogens with two attached hydrogens (primary N) is 1. The lowest BCUT2D eigenvalue weighted by Gasteiger charge is -1.92. The van der Waals surface area contributed by atoms with E-state index in [2.05, 4.69) is 4.74 Å². The van der Waals surface area contributed by atoms with Gasteiger partial charge in [0.05, 0.1) is 13.7 Å². The topological polar surface area (TPSA) is 72.5 Å². The fourth-order valence-electron chi connectivity index (χ4n) is 0.256. The van der Waals surface area contributed by atoms with Crippen molar-refractivity contribution in [1.29, 1.82) is 0 Å². The summed E-state index contributed by atoms with van der Waals surface area (Å²) in [5, 5.41) is 8.28. The molecular weight excluding hydrogens is 122 g/mol. The van der Waals surface area contributed by atoms with Crippen LogP contribution in [0.15, 0.2) is 11.8 Å². The predicted octanol–water partition coefficient (Wildman–Crippen LogP) is -1.01. The number of esters is 1. The van der Waals surface area contributed by atoms with E-state index in [1.807, 2.05) is 0 Å². The van der Waals surface area contributed by atoms with E-state index in [9.17, 15) is 4.79 Å². The minimum atomic E-state index is -0.554. The SMILES string of the molecule is COC(=O)/C=C(\N)CO. The zero-order valence-corrected chi connectivity index (χ0v) is 5.13. The monoisotopic (exact) mass is 131 g/mol. The molecule has 0 rings (SSSR count). The van der Waals surface area contributed by atoms with Crippen LogP contribution >= 0.6 is 0 Å². The van der Waals surface area contributed by atoms with Gasteiger partial charge in [0.25, 0.3) is 0 Å². The maximum Gasteiger partial charge on any atom is 0.332 e. The third kappa shape index (κ3) is 3.54. The van der Waals surface area contributed by atoms with Crippen molar-refractivity contribution in [1.82, 2.24) is 0 Å². The van der Waals surface area contributed by atoms with Crippen molar-refractivity contribution in [3.05, 3.63) is 11.8 Å². The van der Waals surface area contributed by atoms with Gasteiger partial charge in [-0.05, 0) is 0 Å². The molecule has 0 saturated heterocycles. The smallest absolute Gasteiger partial charge is 0.332 e. The Kier molecular flexibility index (Phi) is 3.46. The molecule has 0 aromatic carbocycles. The van der Waals surface area contributed by atoms with Gasteiger partial charge in [0.15, 0.2) is 0 Å². The van der Waals surface area contributed by atoms with Crippen LogP contribution in [0.3, 0.4) is 0 Å². The van der Waals surface area contributed by atoms with E-state index < -0.39 is 5.97 Å². The highest BCUT2D eigenvalue weighted by molar-refractivity contribution is 5.82. The number of aliphatic hydroxyl groups excluding tert-OH is 1. The fourth-order valence-corrected chi connectivity index (χ4v) is 0.256. The van der Waals surface area contributed by atoms with Crippen LogP contribution in [0.5, 0.6) is 0 Å². The number of methoxy groups -OCH3 is 1. The summed E-state index contributed by atoms with van der Waals surface area (Å²) in [4.78, 5) is 10.3. The van der Waals surface area contributed by atoms with Crippen LogP contribution in [0.25, 0.3) is 0 Å². The first-order valence-corrected chi connectivity index (χ1v) is 2.35. The number of carbonyl (C=O) groups excluding carboxylic acids is 1. The van der Waals surface area contributed by atoms with E-state index in [1.165, 1.54) is 7.11 Å². The molecule has 0 aliphatic carbocycles. The highest BCUT2D eigenvalue weighted by atomic mass is 16.5. The molecule has 0 amide bonds. The number of ether oxygens (including phenoxy) is 1. The molecule has 4 heteroatoms. The molecule has 0 fully saturated rings. The summed E-state index contributed by atoms with van der Waals surface area (Å²) in [7, 11) is 1.24.